The van der Waals surface area contributed by atoms with E-state index in [4.69, 9.17) is 0 Å². The molecule has 0 radical (unpaired) electrons. The Morgan fingerprint density at radius 3 is 2.52 bits per heavy atom. The summed E-state index contributed by atoms with van der Waals surface area (Å²) in [7, 11) is 0. The topological polar surface area (TPSA) is 28.1 Å². The standard InChI is InChI=1S/C22H25BrN4/c1-3-25(4-2)14-7-15-26-21(17-10-12-18(23)13-11-17)16-27-20-9-6-5-8-19(20)24-22(26)27/h5-6,8-13,16H,3-4,7,14-15H2,1-2H3/p+1. The molecular formula is C22H26BrN4+. The summed E-state index contributed by atoms with van der Waals surface area (Å²) >= 11 is 3.55. The molecule has 0 atom stereocenters. The fraction of sp³-hybridized carbons (Fsp3) is 0.318. The maximum atomic E-state index is 3.62. The van der Waals surface area contributed by atoms with Crippen LogP contribution in [-0.2, 0) is 6.54 Å². The molecule has 2 aromatic heterocycles. The summed E-state index contributed by atoms with van der Waals surface area (Å²) in [5.74, 6) is 1.15. The van der Waals surface area contributed by atoms with Gasteiger partial charge in [0.05, 0.1) is 6.54 Å². The van der Waals surface area contributed by atoms with Gasteiger partial charge in [0.1, 0.15) is 22.9 Å². The Kier molecular flexibility index (Phi) is 5.32. The van der Waals surface area contributed by atoms with E-state index in [-0.39, 0.29) is 0 Å². The van der Waals surface area contributed by atoms with Crippen molar-refractivity contribution in [3.8, 4) is 11.3 Å². The van der Waals surface area contributed by atoms with Gasteiger partial charge in [-0.2, -0.15) is 4.40 Å². The van der Waals surface area contributed by atoms with E-state index in [9.17, 15) is 0 Å². The van der Waals surface area contributed by atoms with Gasteiger partial charge in [-0.05, 0) is 43.8 Å². The second-order valence-electron chi connectivity index (χ2n) is 6.89. The lowest BCUT2D eigenvalue weighted by Gasteiger charge is -2.17. The molecule has 0 saturated heterocycles. The average Bonchev–Trinajstić information content (AvgIpc) is 3.22. The maximum Gasteiger partial charge on any atom is 0.368 e. The molecule has 2 heterocycles. The summed E-state index contributed by atoms with van der Waals surface area (Å²) in [6.45, 7) is 8.80. The Balaban J connectivity index is 1.77. The average molecular weight is 426 g/mol. The number of aromatic nitrogens is 3. The number of nitrogens with zero attached hydrogens (tertiary/aromatic N) is 3. The molecule has 0 aliphatic rings. The van der Waals surface area contributed by atoms with Crippen LogP contribution in [0, 0.1) is 0 Å². The molecule has 27 heavy (non-hydrogen) atoms. The Morgan fingerprint density at radius 2 is 1.78 bits per heavy atom. The highest BCUT2D eigenvalue weighted by atomic mass is 79.9. The van der Waals surface area contributed by atoms with Crippen molar-refractivity contribution in [1.29, 1.82) is 0 Å². The summed E-state index contributed by atoms with van der Waals surface area (Å²) in [5.41, 5.74) is 4.88. The van der Waals surface area contributed by atoms with Gasteiger partial charge in [-0.25, -0.2) is 9.55 Å². The SMILES string of the molecule is CCN(CC)CCCn1c(-c2ccc(Br)cc2)c[n+]2c3ccccc3[nH]c12. The molecule has 1 N–H and O–H groups in total. The normalized spacial score (nSPS) is 11.9. The van der Waals surface area contributed by atoms with E-state index < -0.39 is 0 Å². The number of aryl methyl sites for hydroxylation is 1. The van der Waals surface area contributed by atoms with Crippen LogP contribution >= 0.6 is 15.9 Å². The fourth-order valence-corrected chi connectivity index (χ4v) is 4.05. The molecule has 4 rings (SSSR count). The Labute approximate surface area is 168 Å². The molecule has 0 saturated carbocycles. The van der Waals surface area contributed by atoms with Crippen LogP contribution in [0.1, 0.15) is 20.3 Å². The minimum atomic E-state index is 0.991. The molecule has 4 aromatic rings. The van der Waals surface area contributed by atoms with Crippen molar-refractivity contribution in [2.75, 3.05) is 19.6 Å². The number of aromatic amines is 1. The van der Waals surface area contributed by atoms with Crippen LogP contribution in [0.2, 0.25) is 0 Å². The van der Waals surface area contributed by atoms with Crippen molar-refractivity contribution in [1.82, 2.24) is 14.5 Å². The largest absolute Gasteiger partial charge is 0.368 e. The van der Waals surface area contributed by atoms with Crippen molar-refractivity contribution in [2.24, 2.45) is 0 Å². The highest BCUT2D eigenvalue weighted by Gasteiger charge is 2.22. The molecule has 0 bridgehead atoms. The van der Waals surface area contributed by atoms with Crippen LogP contribution in [0.3, 0.4) is 0 Å². The monoisotopic (exact) mass is 425 g/mol. The van der Waals surface area contributed by atoms with Crippen LogP contribution in [0.4, 0.5) is 0 Å². The van der Waals surface area contributed by atoms with Gasteiger partial charge in [0, 0.05) is 16.6 Å². The summed E-state index contributed by atoms with van der Waals surface area (Å²) in [6, 6.07) is 17.1. The van der Waals surface area contributed by atoms with Gasteiger partial charge >= 0.3 is 5.78 Å². The van der Waals surface area contributed by atoms with E-state index in [0.29, 0.717) is 0 Å². The molecule has 0 fully saturated rings. The molecule has 0 aliphatic carbocycles. The summed E-state index contributed by atoms with van der Waals surface area (Å²) in [5, 5.41) is 0. The van der Waals surface area contributed by atoms with Gasteiger partial charge in [0.2, 0.25) is 0 Å². The smallest absolute Gasteiger partial charge is 0.304 e. The zero-order valence-electron chi connectivity index (χ0n) is 16.0. The Morgan fingerprint density at radius 1 is 1.04 bits per heavy atom. The molecule has 140 valence electrons. The highest BCUT2D eigenvalue weighted by Crippen LogP contribution is 2.24. The zero-order valence-corrected chi connectivity index (χ0v) is 17.5. The van der Waals surface area contributed by atoms with E-state index in [2.05, 4.69) is 103 Å². The maximum absolute atomic E-state index is 3.62. The number of halogens is 1. The predicted molar refractivity (Wildman–Crippen MR) is 115 cm³/mol. The molecule has 0 aliphatic heterocycles. The number of hydrogen-bond acceptors (Lipinski definition) is 1. The summed E-state index contributed by atoms with van der Waals surface area (Å²) in [4.78, 5) is 6.10. The van der Waals surface area contributed by atoms with E-state index in [1.807, 2.05) is 0 Å². The summed E-state index contributed by atoms with van der Waals surface area (Å²) in [6.07, 6.45) is 3.39. The van der Waals surface area contributed by atoms with E-state index in [1.54, 1.807) is 0 Å². The first-order valence-corrected chi connectivity index (χ1v) is 10.5. The number of benzene rings is 2. The molecule has 0 spiro atoms. The van der Waals surface area contributed by atoms with Crippen molar-refractivity contribution in [3.05, 3.63) is 59.2 Å². The van der Waals surface area contributed by atoms with Crippen molar-refractivity contribution < 1.29 is 4.40 Å². The molecular weight excluding hydrogens is 400 g/mol. The predicted octanol–water partition coefficient (Wildman–Crippen LogP) is 4.87. The van der Waals surface area contributed by atoms with Crippen molar-refractivity contribution in [3.63, 3.8) is 0 Å². The van der Waals surface area contributed by atoms with Gasteiger partial charge in [-0.15, -0.1) is 0 Å². The van der Waals surface area contributed by atoms with E-state index in [1.165, 1.54) is 22.3 Å². The molecule has 5 heteroatoms. The van der Waals surface area contributed by atoms with E-state index >= 15 is 0 Å². The van der Waals surface area contributed by atoms with Gasteiger partial charge in [0.25, 0.3) is 0 Å². The Bertz CT molecular complexity index is 1040. The third-order valence-corrected chi connectivity index (χ3v) is 5.86. The van der Waals surface area contributed by atoms with Gasteiger partial charge < -0.3 is 4.90 Å². The first-order chi connectivity index (χ1) is 13.2. The second kappa shape index (κ2) is 7.87. The fourth-order valence-electron chi connectivity index (χ4n) is 3.79. The highest BCUT2D eigenvalue weighted by molar-refractivity contribution is 9.10. The lowest BCUT2D eigenvalue weighted by molar-refractivity contribution is -0.479. The number of fused-ring (bicyclic) bond motifs is 3. The molecule has 0 unspecified atom stereocenters. The van der Waals surface area contributed by atoms with Crippen molar-refractivity contribution >= 4 is 32.7 Å². The van der Waals surface area contributed by atoms with Crippen LogP contribution < -0.4 is 4.40 Å². The number of nitrogens with one attached hydrogen (secondary N) is 1. The third kappa shape index (κ3) is 3.54. The lowest BCUT2D eigenvalue weighted by Crippen LogP contribution is -2.25. The lowest BCUT2D eigenvalue weighted by atomic mass is 10.1. The zero-order chi connectivity index (χ0) is 18.8. The van der Waals surface area contributed by atoms with Crippen LogP contribution in [-0.4, -0.2) is 34.1 Å². The van der Waals surface area contributed by atoms with Gasteiger partial charge in [-0.1, -0.05) is 54.0 Å². The van der Waals surface area contributed by atoms with Gasteiger partial charge in [-0.3, -0.25) is 0 Å². The number of hydrogen-bond donors (Lipinski definition) is 1. The minimum Gasteiger partial charge on any atom is -0.304 e. The van der Waals surface area contributed by atoms with Gasteiger partial charge in [0.15, 0.2) is 0 Å². The number of rotatable bonds is 7. The van der Waals surface area contributed by atoms with Crippen molar-refractivity contribution in [2.45, 2.75) is 26.8 Å². The minimum absolute atomic E-state index is 0.991. The number of imidazole rings is 2. The molecule has 2 aromatic carbocycles. The Hall–Kier alpha value is -2.11. The molecule has 4 nitrogen and oxygen atoms in total. The third-order valence-electron chi connectivity index (χ3n) is 5.33. The second-order valence-corrected chi connectivity index (χ2v) is 7.80. The van der Waals surface area contributed by atoms with Crippen LogP contribution in [0.15, 0.2) is 59.2 Å². The van der Waals surface area contributed by atoms with E-state index in [0.717, 1.165) is 42.9 Å². The van der Waals surface area contributed by atoms with Crippen LogP contribution in [0.5, 0.6) is 0 Å². The molecule has 0 amide bonds. The number of H-pyrrole nitrogens is 1. The van der Waals surface area contributed by atoms with Crippen LogP contribution in [0.25, 0.3) is 28.1 Å². The first kappa shape index (κ1) is 18.3. The number of para-hydroxylation sites is 2. The summed E-state index contributed by atoms with van der Waals surface area (Å²) < 4.78 is 5.81. The quantitative estimate of drug-likeness (QED) is 0.420. The first-order valence-electron chi connectivity index (χ1n) is 9.71.